The maximum atomic E-state index is 13.5. The Morgan fingerprint density at radius 2 is 1.73 bits per heavy atom. The van der Waals surface area contributed by atoms with Crippen LogP contribution in [0.5, 0.6) is 0 Å². The molecule has 3 rings (SSSR count). The van der Waals surface area contributed by atoms with Gasteiger partial charge in [0.2, 0.25) is 21.8 Å². The molecule has 1 saturated carbocycles. The summed E-state index contributed by atoms with van der Waals surface area (Å²) < 4.78 is 25.5. The van der Waals surface area contributed by atoms with Crippen LogP contribution in [-0.4, -0.2) is 55.5 Å². The molecule has 7 nitrogen and oxygen atoms in total. The van der Waals surface area contributed by atoms with Gasteiger partial charge in [0.15, 0.2) is 0 Å². The summed E-state index contributed by atoms with van der Waals surface area (Å²) in [5.41, 5.74) is -1.00. The number of carbonyl (C=O) groups excluding carboxylic acids is 2. The first-order valence-corrected chi connectivity index (χ1v) is 12.7. The summed E-state index contributed by atoms with van der Waals surface area (Å²) in [6.07, 6.45) is 8.43. The van der Waals surface area contributed by atoms with E-state index in [0.717, 1.165) is 49.1 Å². The fourth-order valence-corrected chi connectivity index (χ4v) is 5.40. The Kier molecular flexibility index (Phi) is 7.09. The van der Waals surface area contributed by atoms with Crippen LogP contribution in [-0.2, 0) is 19.6 Å². The average molecular weight is 456 g/mol. The highest BCUT2D eigenvalue weighted by Gasteiger charge is 2.51. The summed E-state index contributed by atoms with van der Waals surface area (Å²) in [7, 11) is -3.65. The van der Waals surface area contributed by atoms with Gasteiger partial charge in [-0.2, -0.15) is 4.31 Å². The van der Waals surface area contributed by atoms with Crippen LogP contribution in [0.25, 0.3) is 0 Å². The number of hydrogen-bond donors (Lipinski definition) is 1. The van der Waals surface area contributed by atoms with Gasteiger partial charge in [-0.3, -0.25) is 14.5 Å². The lowest BCUT2D eigenvalue weighted by Gasteiger charge is -2.47. The molecular formula is C21H30ClN3O4S. The Morgan fingerprint density at radius 1 is 1.13 bits per heavy atom. The average Bonchev–Trinajstić information content (AvgIpc) is 2.64. The number of sulfonamides is 1. The van der Waals surface area contributed by atoms with Crippen molar-refractivity contribution in [2.75, 3.05) is 24.2 Å². The smallest absolute Gasteiger partial charge is 0.247 e. The third kappa shape index (κ3) is 4.98. The number of nitrogens with zero attached hydrogens (tertiary/aromatic N) is 2. The summed E-state index contributed by atoms with van der Waals surface area (Å²) in [4.78, 5) is 28.0. The van der Waals surface area contributed by atoms with E-state index in [1.54, 1.807) is 31.2 Å². The number of halogens is 1. The number of hydrogen-bond acceptors (Lipinski definition) is 4. The highest BCUT2D eigenvalue weighted by atomic mass is 35.5. The van der Waals surface area contributed by atoms with Gasteiger partial charge < -0.3 is 5.32 Å². The molecule has 2 aliphatic rings. The van der Waals surface area contributed by atoms with Crippen molar-refractivity contribution in [3.05, 3.63) is 29.3 Å². The molecule has 1 N–H and O–H groups in total. The molecule has 1 aromatic carbocycles. The van der Waals surface area contributed by atoms with Gasteiger partial charge in [0.25, 0.3) is 0 Å². The molecule has 0 aromatic heterocycles. The van der Waals surface area contributed by atoms with Gasteiger partial charge in [-0.05, 0) is 31.9 Å². The van der Waals surface area contributed by atoms with E-state index in [4.69, 9.17) is 11.6 Å². The van der Waals surface area contributed by atoms with Crippen LogP contribution in [0.2, 0.25) is 5.02 Å². The molecule has 0 radical (unpaired) electrons. The molecule has 166 valence electrons. The SMILES string of the molecule is C[C@@]1(C(=O)NC2CCCCCCC2)CN(S(C)(=O)=O)CC(=O)N1c1ccccc1Cl. The van der Waals surface area contributed by atoms with E-state index in [9.17, 15) is 18.0 Å². The molecule has 9 heteroatoms. The van der Waals surface area contributed by atoms with Crippen molar-refractivity contribution in [3.63, 3.8) is 0 Å². The molecule has 1 heterocycles. The number of nitrogens with one attached hydrogen (secondary N) is 1. The minimum Gasteiger partial charge on any atom is -0.351 e. The highest BCUT2D eigenvalue weighted by Crippen LogP contribution is 2.35. The molecule has 1 aliphatic carbocycles. The van der Waals surface area contributed by atoms with E-state index >= 15 is 0 Å². The fourth-order valence-electron chi connectivity index (χ4n) is 4.35. The Balaban J connectivity index is 1.95. The number of anilines is 1. The zero-order chi connectivity index (χ0) is 21.9. The lowest BCUT2D eigenvalue weighted by atomic mass is 9.92. The van der Waals surface area contributed by atoms with Gasteiger partial charge in [-0.25, -0.2) is 8.42 Å². The fraction of sp³-hybridized carbons (Fsp3) is 0.619. The quantitative estimate of drug-likeness (QED) is 0.756. The van der Waals surface area contributed by atoms with Crippen molar-refractivity contribution in [1.29, 1.82) is 0 Å². The highest BCUT2D eigenvalue weighted by molar-refractivity contribution is 7.88. The number of carbonyl (C=O) groups is 2. The maximum Gasteiger partial charge on any atom is 0.247 e. The predicted molar refractivity (Wildman–Crippen MR) is 118 cm³/mol. The van der Waals surface area contributed by atoms with Crippen molar-refractivity contribution in [1.82, 2.24) is 9.62 Å². The number of benzene rings is 1. The second-order valence-electron chi connectivity index (χ2n) is 8.50. The number of piperazine rings is 1. The van der Waals surface area contributed by atoms with E-state index in [1.165, 1.54) is 11.3 Å². The van der Waals surface area contributed by atoms with Crippen LogP contribution < -0.4 is 10.2 Å². The molecule has 2 fully saturated rings. The lowest BCUT2D eigenvalue weighted by molar-refractivity contribution is -0.133. The third-order valence-electron chi connectivity index (χ3n) is 6.03. The summed E-state index contributed by atoms with van der Waals surface area (Å²) in [5.74, 6) is -0.829. The summed E-state index contributed by atoms with van der Waals surface area (Å²) in [6.45, 7) is 1.17. The Bertz CT molecular complexity index is 899. The monoisotopic (exact) mass is 455 g/mol. The van der Waals surface area contributed by atoms with Gasteiger partial charge in [0.05, 0.1) is 23.5 Å². The first-order chi connectivity index (χ1) is 14.1. The summed E-state index contributed by atoms with van der Waals surface area (Å²) in [6, 6.07) is 6.84. The van der Waals surface area contributed by atoms with E-state index in [1.807, 2.05) is 0 Å². The molecule has 1 atom stereocenters. The van der Waals surface area contributed by atoms with Gasteiger partial charge in [0.1, 0.15) is 5.54 Å². The topological polar surface area (TPSA) is 86.8 Å². The largest absolute Gasteiger partial charge is 0.351 e. The van der Waals surface area contributed by atoms with Crippen LogP contribution in [0.4, 0.5) is 5.69 Å². The molecule has 30 heavy (non-hydrogen) atoms. The molecule has 0 spiro atoms. The third-order valence-corrected chi connectivity index (χ3v) is 7.55. The van der Waals surface area contributed by atoms with E-state index in [2.05, 4.69) is 5.32 Å². The van der Waals surface area contributed by atoms with Crippen LogP contribution in [0, 0.1) is 0 Å². The molecular weight excluding hydrogens is 426 g/mol. The predicted octanol–water partition coefficient (Wildman–Crippen LogP) is 2.94. The molecule has 1 aliphatic heterocycles. The van der Waals surface area contributed by atoms with Crippen molar-refractivity contribution in [2.45, 2.75) is 63.5 Å². The van der Waals surface area contributed by atoms with E-state index < -0.39 is 21.5 Å². The first-order valence-electron chi connectivity index (χ1n) is 10.5. The van der Waals surface area contributed by atoms with Gasteiger partial charge in [-0.15, -0.1) is 0 Å². The first kappa shape index (κ1) is 23.0. The van der Waals surface area contributed by atoms with Crippen LogP contribution in [0.1, 0.15) is 51.9 Å². The Hall–Kier alpha value is -1.64. The number of amides is 2. The molecule has 0 unspecified atom stereocenters. The second kappa shape index (κ2) is 9.24. The van der Waals surface area contributed by atoms with Gasteiger partial charge in [0, 0.05) is 12.6 Å². The van der Waals surface area contributed by atoms with Crippen molar-refractivity contribution < 1.29 is 18.0 Å². The standard InChI is InChI=1S/C21H30ClN3O4S/c1-21(20(27)23-16-10-6-4-3-5-7-11-16)15-24(30(2,28)29)14-19(26)25(21)18-13-9-8-12-17(18)22/h8-9,12-13,16H,3-7,10-11,14-15H2,1-2H3,(H,23,27)/t21-/m0/s1. The van der Waals surface area contributed by atoms with Crippen LogP contribution >= 0.6 is 11.6 Å². The van der Waals surface area contributed by atoms with E-state index in [0.29, 0.717) is 10.7 Å². The summed E-state index contributed by atoms with van der Waals surface area (Å²) in [5, 5.41) is 3.45. The summed E-state index contributed by atoms with van der Waals surface area (Å²) >= 11 is 6.36. The van der Waals surface area contributed by atoms with Crippen molar-refractivity contribution >= 4 is 39.1 Å². The number of para-hydroxylation sites is 1. The molecule has 1 saturated heterocycles. The van der Waals surface area contributed by atoms with Crippen LogP contribution in [0.15, 0.2) is 24.3 Å². The number of rotatable bonds is 4. The molecule has 2 amide bonds. The van der Waals surface area contributed by atoms with Crippen molar-refractivity contribution in [2.24, 2.45) is 0 Å². The molecule has 0 bridgehead atoms. The molecule has 1 aromatic rings. The minimum atomic E-state index is -3.65. The normalized spacial score (nSPS) is 24.9. The van der Waals surface area contributed by atoms with E-state index in [-0.39, 0.29) is 25.0 Å². The Labute approximate surface area is 183 Å². The van der Waals surface area contributed by atoms with Gasteiger partial charge >= 0.3 is 0 Å². The zero-order valence-electron chi connectivity index (χ0n) is 17.6. The van der Waals surface area contributed by atoms with Gasteiger partial charge in [-0.1, -0.05) is 55.8 Å². The zero-order valence-corrected chi connectivity index (χ0v) is 19.1. The Morgan fingerprint density at radius 3 is 2.33 bits per heavy atom. The second-order valence-corrected chi connectivity index (χ2v) is 10.9. The maximum absolute atomic E-state index is 13.5. The van der Waals surface area contributed by atoms with Crippen molar-refractivity contribution in [3.8, 4) is 0 Å². The minimum absolute atomic E-state index is 0.0198. The lowest BCUT2D eigenvalue weighted by Crippen LogP contribution is -2.70. The van der Waals surface area contributed by atoms with Crippen LogP contribution in [0.3, 0.4) is 0 Å².